The summed E-state index contributed by atoms with van der Waals surface area (Å²) in [6, 6.07) is 6.79. The highest BCUT2D eigenvalue weighted by Crippen LogP contribution is 2.30. The van der Waals surface area contributed by atoms with Crippen molar-refractivity contribution in [3.05, 3.63) is 24.3 Å². The number of nitrogens with one attached hydrogen (secondary N) is 3. The van der Waals surface area contributed by atoms with E-state index in [1.807, 2.05) is 6.92 Å². The fourth-order valence-electron chi connectivity index (χ4n) is 3.35. The molecule has 0 spiro atoms. The minimum Gasteiger partial charge on any atom is -0.334 e. The minimum atomic E-state index is -0.897. The van der Waals surface area contributed by atoms with Crippen LogP contribution in [0.1, 0.15) is 45.4 Å². The van der Waals surface area contributed by atoms with Crippen LogP contribution in [0, 0.1) is 5.92 Å². The Morgan fingerprint density at radius 3 is 2.23 bits per heavy atom. The van der Waals surface area contributed by atoms with E-state index in [4.69, 9.17) is 0 Å². The maximum Gasteiger partial charge on any atom is 0.319 e. The molecule has 7 heteroatoms. The lowest BCUT2D eigenvalue weighted by Gasteiger charge is -2.31. The van der Waals surface area contributed by atoms with E-state index in [0.29, 0.717) is 11.4 Å². The summed E-state index contributed by atoms with van der Waals surface area (Å²) in [5.74, 6) is 0.852. The van der Waals surface area contributed by atoms with Gasteiger partial charge in [0.25, 0.3) is 0 Å². The summed E-state index contributed by atoms with van der Waals surface area (Å²) in [7, 11) is -0.897. The number of amides is 3. The second kappa shape index (κ2) is 8.66. The molecule has 1 aromatic carbocycles. The highest BCUT2D eigenvalue weighted by Gasteiger charge is 2.30. The van der Waals surface area contributed by atoms with Crippen molar-refractivity contribution >= 4 is 34.1 Å². The van der Waals surface area contributed by atoms with Gasteiger partial charge in [-0.3, -0.25) is 9.00 Å². The normalized spacial score (nSPS) is 23.7. The lowest BCUT2D eigenvalue weighted by molar-refractivity contribution is -0.117. The highest BCUT2D eigenvalue weighted by atomic mass is 32.2. The summed E-state index contributed by atoms with van der Waals surface area (Å²) in [4.78, 5) is 24.1. The third kappa shape index (κ3) is 5.06. The molecule has 0 aliphatic heterocycles. The van der Waals surface area contributed by atoms with Crippen molar-refractivity contribution in [2.45, 2.75) is 56.7 Å². The van der Waals surface area contributed by atoms with E-state index in [1.165, 1.54) is 0 Å². The zero-order valence-electron chi connectivity index (χ0n) is 15.1. The quantitative estimate of drug-likeness (QED) is 0.711. The summed E-state index contributed by atoms with van der Waals surface area (Å²) in [5, 5.41) is 8.73. The molecule has 2 aliphatic rings. The Hall–Kier alpha value is -1.89. The first kappa shape index (κ1) is 18.9. The number of hydrogen-bond acceptors (Lipinski definition) is 3. The second-order valence-corrected chi connectivity index (χ2v) is 8.98. The third-order valence-corrected chi connectivity index (χ3v) is 6.81. The average molecular weight is 378 g/mol. The molecule has 3 atom stereocenters. The molecule has 0 aromatic heterocycles. The first-order valence-corrected chi connectivity index (χ1v) is 10.8. The molecule has 1 aromatic rings. The first-order valence-electron chi connectivity index (χ1n) is 9.42. The molecule has 0 bridgehead atoms. The van der Waals surface area contributed by atoms with E-state index < -0.39 is 10.8 Å². The van der Waals surface area contributed by atoms with E-state index in [1.54, 1.807) is 24.3 Å². The number of carbonyl (C=O) groups is 2. The number of carbonyl (C=O) groups excluding carboxylic acids is 2. The van der Waals surface area contributed by atoms with E-state index in [-0.39, 0.29) is 29.1 Å². The lowest BCUT2D eigenvalue weighted by Crippen LogP contribution is -2.48. The largest absolute Gasteiger partial charge is 0.334 e. The van der Waals surface area contributed by atoms with E-state index >= 15 is 0 Å². The van der Waals surface area contributed by atoms with Crippen molar-refractivity contribution in [3.63, 3.8) is 0 Å². The van der Waals surface area contributed by atoms with Crippen LogP contribution in [0.2, 0.25) is 0 Å². The van der Waals surface area contributed by atoms with E-state index in [2.05, 4.69) is 16.0 Å². The van der Waals surface area contributed by atoms with Gasteiger partial charge in [-0.25, -0.2) is 4.79 Å². The van der Waals surface area contributed by atoms with Crippen LogP contribution in [0.5, 0.6) is 0 Å². The number of anilines is 2. The molecular weight excluding hydrogens is 350 g/mol. The minimum absolute atomic E-state index is 0.0402. The fraction of sp³-hybridized carbons (Fsp3) is 0.579. The maximum atomic E-state index is 12.3. The van der Waals surface area contributed by atoms with Crippen molar-refractivity contribution in [2.24, 2.45) is 5.92 Å². The Morgan fingerprint density at radius 2 is 1.62 bits per heavy atom. The predicted molar refractivity (Wildman–Crippen MR) is 105 cm³/mol. The zero-order chi connectivity index (χ0) is 18.5. The van der Waals surface area contributed by atoms with Gasteiger partial charge in [0.15, 0.2) is 0 Å². The predicted octanol–water partition coefficient (Wildman–Crippen LogP) is 3.24. The van der Waals surface area contributed by atoms with Crippen LogP contribution in [0.25, 0.3) is 0 Å². The van der Waals surface area contributed by atoms with Gasteiger partial charge in [-0.1, -0.05) is 19.8 Å². The molecule has 3 amide bonds. The Labute approximate surface area is 157 Å². The van der Waals surface area contributed by atoms with Crippen LogP contribution in [0.15, 0.2) is 24.3 Å². The molecule has 26 heavy (non-hydrogen) atoms. The Bertz CT molecular complexity index is 673. The molecule has 2 aliphatic carbocycles. The maximum absolute atomic E-state index is 12.3. The zero-order valence-corrected chi connectivity index (χ0v) is 15.9. The Balaban J connectivity index is 1.52. The summed E-state index contributed by atoms with van der Waals surface area (Å²) < 4.78 is 12.2. The molecular formula is C19H27N3O3S. The smallest absolute Gasteiger partial charge is 0.319 e. The van der Waals surface area contributed by atoms with Crippen LogP contribution in [-0.4, -0.2) is 33.2 Å². The SMILES string of the molecule is CCS(=O)C1CCCCC1NC(=O)Nc1ccc(NC(=O)C2CC2)cc1. The van der Waals surface area contributed by atoms with Crippen molar-refractivity contribution in [3.8, 4) is 0 Å². The molecule has 2 fully saturated rings. The first-order chi connectivity index (χ1) is 12.6. The summed E-state index contributed by atoms with van der Waals surface area (Å²) in [6.07, 6.45) is 5.84. The topological polar surface area (TPSA) is 87.3 Å². The summed E-state index contributed by atoms with van der Waals surface area (Å²) in [6.45, 7) is 1.92. The van der Waals surface area contributed by atoms with Crippen molar-refractivity contribution in [1.29, 1.82) is 0 Å². The molecule has 2 saturated carbocycles. The van der Waals surface area contributed by atoms with Crippen LogP contribution in [0.4, 0.5) is 16.2 Å². The van der Waals surface area contributed by atoms with Crippen molar-refractivity contribution in [1.82, 2.24) is 5.32 Å². The Morgan fingerprint density at radius 1 is 1.00 bits per heavy atom. The molecule has 3 rings (SSSR count). The monoisotopic (exact) mass is 377 g/mol. The molecule has 0 heterocycles. The van der Waals surface area contributed by atoms with Crippen molar-refractivity contribution in [2.75, 3.05) is 16.4 Å². The van der Waals surface area contributed by atoms with Crippen LogP contribution in [0.3, 0.4) is 0 Å². The Kier molecular flexibility index (Phi) is 6.29. The second-order valence-electron chi connectivity index (χ2n) is 7.04. The van der Waals surface area contributed by atoms with Gasteiger partial charge >= 0.3 is 6.03 Å². The summed E-state index contributed by atoms with van der Waals surface area (Å²) >= 11 is 0. The highest BCUT2D eigenvalue weighted by molar-refractivity contribution is 7.85. The van der Waals surface area contributed by atoms with Gasteiger partial charge in [0, 0.05) is 39.9 Å². The molecule has 0 radical (unpaired) electrons. The van der Waals surface area contributed by atoms with Crippen molar-refractivity contribution < 1.29 is 13.8 Å². The van der Waals surface area contributed by atoms with Crippen LogP contribution < -0.4 is 16.0 Å². The van der Waals surface area contributed by atoms with E-state index in [0.717, 1.165) is 44.2 Å². The summed E-state index contributed by atoms with van der Waals surface area (Å²) in [5.41, 5.74) is 1.40. The van der Waals surface area contributed by atoms with Crippen LogP contribution >= 0.6 is 0 Å². The van der Waals surface area contributed by atoms with Gasteiger partial charge in [0.05, 0.1) is 5.25 Å². The van der Waals surface area contributed by atoms with Gasteiger partial charge in [-0.05, 0) is 49.9 Å². The van der Waals surface area contributed by atoms with Gasteiger partial charge in [-0.15, -0.1) is 0 Å². The number of benzene rings is 1. The number of urea groups is 1. The number of rotatable bonds is 6. The van der Waals surface area contributed by atoms with Gasteiger partial charge in [0.2, 0.25) is 5.91 Å². The molecule has 3 unspecified atom stereocenters. The molecule has 3 N–H and O–H groups in total. The molecule has 6 nitrogen and oxygen atoms in total. The number of hydrogen-bond donors (Lipinski definition) is 3. The standard InChI is InChI=1S/C19H27N3O3S/c1-2-26(25)17-6-4-3-5-16(17)22-19(24)21-15-11-9-14(10-12-15)20-18(23)13-7-8-13/h9-13,16-17H,2-8H2,1H3,(H,20,23)(H2,21,22,24). The third-order valence-electron chi connectivity index (χ3n) is 5.00. The van der Waals surface area contributed by atoms with E-state index in [9.17, 15) is 13.8 Å². The fourth-order valence-corrected chi connectivity index (χ4v) is 4.78. The molecule has 142 valence electrons. The van der Waals surface area contributed by atoms with Crippen LogP contribution in [-0.2, 0) is 15.6 Å². The molecule has 0 saturated heterocycles. The average Bonchev–Trinajstić information content (AvgIpc) is 3.48. The van der Waals surface area contributed by atoms with Gasteiger partial charge < -0.3 is 16.0 Å². The lowest BCUT2D eigenvalue weighted by atomic mass is 9.95. The van der Waals surface area contributed by atoms with Gasteiger partial charge in [0.1, 0.15) is 0 Å². The van der Waals surface area contributed by atoms with Gasteiger partial charge in [-0.2, -0.15) is 0 Å².